The maximum atomic E-state index is 12.1. The van der Waals surface area contributed by atoms with E-state index in [1.165, 1.54) is 6.08 Å². The molecular formula is C19H17ClN2O4. The first-order valence-corrected chi connectivity index (χ1v) is 8.35. The standard InChI is InChI=1S/C19H17ClN2O4/c1-21-19(24)13-3-5-14(6-4-13)22-17(23)7-2-12-10-15(20)18-16(11-12)25-8-9-26-18/h2-7,10-11H,8-9H2,1H3,(H,21,24)(H,22,23)/b7-2+. The van der Waals surface area contributed by atoms with Crippen LogP contribution in [0.3, 0.4) is 0 Å². The number of hydrogen-bond donors (Lipinski definition) is 2. The van der Waals surface area contributed by atoms with E-state index in [9.17, 15) is 9.59 Å². The van der Waals surface area contributed by atoms with E-state index in [2.05, 4.69) is 10.6 Å². The molecule has 1 aliphatic heterocycles. The van der Waals surface area contributed by atoms with Crippen LogP contribution in [0.1, 0.15) is 15.9 Å². The Hall–Kier alpha value is -2.99. The Balaban J connectivity index is 1.66. The van der Waals surface area contributed by atoms with Crippen molar-refractivity contribution in [3.05, 3.63) is 58.6 Å². The predicted octanol–water partition coefficient (Wildman–Crippen LogP) is 3.12. The van der Waals surface area contributed by atoms with Crippen molar-refractivity contribution >= 4 is 35.2 Å². The highest BCUT2D eigenvalue weighted by molar-refractivity contribution is 6.32. The quantitative estimate of drug-likeness (QED) is 0.808. The first-order valence-electron chi connectivity index (χ1n) is 7.97. The van der Waals surface area contributed by atoms with Crippen molar-refractivity contribution in [1.29, 1.82) is 0 Å². The summed E-state index contributed by atoms with van der Waals surface area (Å²) in [6.07, 6.45) is 3.03. The molecule has 3 rings (SSSR count). The van der Waals surface area contributed by atoms with Crippen LogP contribution in [0.2, 0.25) is 5.02 Å². The Labute approximate surface area is 155 Å². The second-order valence-electron chi connectivity index (χ2n) is 5.51. The molecular weight excluding hydrogens is 356 g/mol. The van der Waals surface area contributed by atoms with Crippen LogP contribution in [0.4, 0.5) is 5.69 Å². The number of ether oxygens (including phenoxy) is 2. The molecule has 134 valence electrons. The Kier molecular flexibility index (Phi) is 5.43. The van der Waals surface area contributed by atoms with Gasteiger partial charge in [0.1, 0.15) is 13.2 Å². The maximum absolute atomic E-state index is 12.1. The molecule has 0 aliphatic carbocycles. The van der Waals surface area contributed by atoms with Gasteiger partial charge in [0.15, 0.2) is 11.5 Å². The number of fused-ring (bicyclic) bond motifs is 1. The van der Waals surface area contributed by atoms with Gasteiger partial charge in [0.25, 0.3) is 5.91 Å². The van der Waals surface area contributed by atoms with Crippen molar-refractivity contribution in [2.75, 3.05) is 25.6 Å². The predicted molar refractivity (Wildman–Crippen MR) is 99.9 cm³/mol. The highest BCUT2D eigenvalue weighted by Crippen LogP contribution is 2.38. The molecule has 0 saturated carbocycles. The average Bonchev–Trinajstić information content (AvgIpc) is 2.66. The summed E-state index contributed by atoms with van der Waals surface area (Å²) in [5.41, 5.74) is 1.84. The van der Waals surface area contributed by atoms with Gasteiger partial charge in [0.05, 0.1) is 5.02 Å². The third kappa shape index (κ3) is 4.15. The van der Waals surface area contributed by atoms with Gasteiger partial charge in [-0.1, -0.05) is 11.6 Å². The topological polar surface area (TPSA) is 76.7 Å². The summed E-state index contributed by atoms with van der Waals surface area (Å²) in [5, 5.41) is 5.70. The summed E-state index contributed by atoms with van der Waals surface area (Å²) in [6, 6.07) is 10.1. The van der Waals surface area contributed by atoms with E-state index in [-0.39, 0.29) is 11.8 Å². The fraction of sp³-hybridized carbons (Fsp3) is 0.158. The van der Waals surface area contributed by atoms with Gasteiger partial charge in [-0.05, 0) is 48.0 Å². The van der Waals surface area contributed by atoms with Gasteiger partial charge in [-0.2, -0.15) is 0 Å². The molecule has 2 N–H and O–H groups in total. The van der Waals surface area contributed by atoms with Gasteiger partial charge in [-0.3, -0.25) is 9.59 Å². The number of nitrogens with one attached hydrogen (secondary N) is 2. The first kappa shape index (κ1) is 17.8. The summed E-state index contributed by atoms with van der Waals surface area (Å²) in [6.45, 7) is 0.923. The normalized spacial score (nSPS) is 12.7. The molecule has 0 fully saturated rings. The van der Waals surface area contributed by atoms with Crippen LogP contribution in [0, 0.1) is 0 Å². The van der Waals surface area contributed by atoms with Gasteiger partial charge < -0.3 is 20.1 Å². The lowest BCUT2D eigenvalue weighted by Crippen LogP contribution is -2.17. The van der Waals surface area contributed by atoms with E-state index in [0.717, 1.165) is 5.56 Å². The van der Waals surface area contributed by atoms with E-state index < -0.39 is 0 Å². The van der Waals surface area contributed by atoms with Gasteiger partial charge in [-0.15, -0.1) is 0 Å². The van der Waals surface area contributed by atoms with Crippen molar-refractivity contribution in [2.45, 2.75) is 0 Å². The molecule has 7 heteroatoms. The van der Waals surface area contributed by atoms with E-state index in [1.54, 1.807) is 49.5 Å². The SMILES string of the molecule is CNC(=O)c1ccc(NC(=O)/C=C/c2cc(Cl)c3c(c2)OCCO3)cc1. The van der Waals surface area contributed by atoms with Gasteiger partial charge in [0.2, 0.25) is 5.91 Å². The number of rotatable bonds is 4. The van der Waals surface area contributed by atoms with Crippen LogP contribution in [0.5, 0.6) is 11.5 Å². The lowest BCUT2D eigenvalue weighted by molar-refractivity contribution is -0.111. The highest BCUT2D eigenvalue weighted by atomic mass is 35.5. The minimum absolute atomic E-state index is 0.182. The molecule has 2 aromatic carbocycles. The van der Waals surface area contributed by atoms with Gasteiger partial charge >= 0.3 is 0 Å². The Morgan fingerprint density at radius 1 is 1.12 bits per heavy atom. The largest absolute Gasteiger partial charge is 0.486 e. The van der Waals surface area contributed by atoms with E-state index in [1.807, 2.05) is 0 Å². The van der Waals surface area contributed by atoms with Crippen LogP contribution < -0.4 is 20.1 Å². The maximum Gasteiger partial charge on any atom is 0.251 e. The number of benzene rings is 2. The number of anilines is 1. The molecule has 2 aromatic rings. The molecule has 0 saturated heterocycles. The third-order valence-electron chi connectivity index (χ3n) is 3.69. The number of amides is 2. The van der Waals surface area contributed by atoms with E-state index >= 15 is 0 Å². The zero-order valence-electron chi connectivity index (χ0n) is 14.0. The minimum Gasteiger partial charge on any atom is -0.486 e. The summed E-state index contributed by atoms with van der Waals surface area (Å²) in [4.78, 5) is 23.6. The molecule has 1 aliphatic rings. The van der Waals surface area contributed by atoms with Gasteiger partial charge in [0, 0.05) is 24.4 Å². The zero-order chi connectivity index (χ0) is 18.5. The molecule has 0 radical (unpaired) electrons. The van der Waals surface area contributed by atoms with Crippen molar-refractivity contribution in [1.82, 2.24) is 5.32 Å². The van der Waals surface area contributed by atoms with Crippen LogP contribution in [-0.2, 0) is 4.79 Å². The smallest absolute Gasteiger partial charge is 0.251 e. The molecule has 0 atom stereocenters. The van der Waals surface area contributed by atoms with Crippen molar-refractivity contribution in [3.63, 3.8) is 0 Å². The number of carbonyl (C=O) groups excluding carboxylic acids is 2. The molecule has 2 amide bonds. The molecule has 1 heterocycles. The second kappa shape index (κ2) is 7.93. The highest BCUT2D eigenvalue weighted by Gasteiger charge is 2.16. The first-order chi connectivity index (χ1) is 12.6. The fourth-order valence-electron chi connectivity index (χ4n) is 2.43. The summed E-state index contributed by atoms with van der Waals surface area (Å²) >= 11 is 6.17. The van der Waals surface area contributed by atoms with Crippen LogP contribution in [0.15, 0.2) is 42.5 Å². The Bertz CT molecular complexity index is 863. The van der Waals surface area contributed by atoms with Crippen LogP contribution in [-0.4, -0.2) is 32.1 Å². The van der Waals surface area contributed by atoms with Crippen molar-refractivity contribution in [2.24, 2.45) is 0 Å². The second-order valence-corrected chi connectivity index (χ2v) is 5.91. The monoisotopic (exact) mass is 372 g/mol. The number of halogens is 1. The lowest BCUT2D eigenvalue weighted by atomic mass is 10.1. The Morgan fingerprint density at radius 2 is 1.85 bits per heavy atom. The summed E-state index contributed by atoms with van der Waals surface area (Å²) < 4.78 is 11.0. The van der Waals surface area contributed by atoms with Crippen molar-refractivity contribution in [3.8, 4) is 11.5 Å². The molecule has 0 unspecified atom stereocenters. The van der Waals surface area contributed by atoms with Crippen molar-refractivity contribution < 1.29 is 19.1 Å². The van der Waals surface area contributed by atoms with E-state index in [4.69, 9.17) is 21.1 Å². The molecule has 0 spiro atoms. The third-order valence-corrected chi connectivity index (χ3v) is 3.97. The number of carbonyl (C=O) groups is 2. The summed E-state index contributed by atoms with van der Waals surface area (Å²) in [7, 11) is 1.56. The zero-order valence-corrected chi connectivity index (χ0v) is 14.8. The fourth-order valence-corrected chi connectivity index (χ4v) is 2.71. The molecule has 0 aromatic heterocycles. The molecule has 26 heavy (non-hydrogen) atoms. The van der Waals surface area contributed by atoms with Crippen LogP contribution in [0.25, 0.3) is 6.08 Å². The van der Waals surface area contributed by atoms with E-state index in [0.29, 0.717) is 41.0 Å². The number of hydrogen-bond acceptors (Lipinski definition) is 4. The average molecular weight is 373 g/mol. The Morgan fingerprint density at radius 3 is 2.58 bits per heavy atom. The molecule has 6 nitrogen and oxygen atoms in total. The van der Waals surface area contributed by atoms with Gasteiger partial charge in [-0.25, -0.2) is 0 Å². The lowest BCUT2D eigenvalue weighted by Gasteiger charge is -2.19. The summed E-state index contributed by atoms with van der Waals surface area (Å²) in [5.74, 6) is 0.603. The van der Waals surface area contributed by atoms with Crippen LogP contribution >= 0.6 is 11.6 Å². The minimum atomic E-state index is -0.302. The molecule has 0 bridgehead atoms.